The van der Waals surface area contributed by atoms with Gasteiger partial charge in [-0.25, -0.2) is 18.4 Å². The Morgan fingerprint density at radius 1 is 1.19 bits per heavy atom. The van der Waals surface area contributed by atoms with Crippen LogP contribution in [0.15, 0.2) is 47.5 Å². The molecule has 9 nitrogen and oxygen atoms in total. The number of ether oxygens (including phenoxy) is 2. The van der Waals surface area contributed by atoms with Gasteiger partial charge in [0.1, 0.15) is 35.9 Å². The molecule has 0 saturated heterocycles. The molecular weight excluding hydrogens is 428 g/mol. The molecule has 11 heteroatoms. The van der Waals surface area contributed by atoms with Crippen LogP contribution >= 0.6 is 0 Å². The first-order valence-corrected chi connectivity index (χ1v) is 9.53. The number of carbonyl (C=O) groups excluding carboxylic acids is 1. The number of benzene rings is 2. The van der Waals surface area contributed by atoms with Crippen LogP contribution < -0.4 is 15.5 Å². The minimum Gasteiger partial charge on any atom is -0.497 e. The lowest BCUT2D eigenvalue weighted by atomic mass is 9.92. The lowest BCUT2D eigenvalue weighted by molar-refractivity contribution is -0.143. The van der Waals surface area contributed by atoms with E-state index in [1.807, 2.05) is 6.07 Å². The molecule has 0 aliphatic carbocycles. The van der Waals surface area contributed by atoms with Crippen molar-refractivity contribution in [1.82, 2.24) is 10.8 Å². The first-order chi connectivity index (χ1) is 15.4. The van der Waals surface area contributed by atoms with Crippen molar-refractivity contribution in [2.75, 3.05) is 20.3 Å². The number of rotatable bonds is 8. The molecule has 0 radical (unpaired) electrons. The number of aliphatic carboxylic acids is 1. The molecule has 0 fully saturated rings. The zero-order valence-corrected chi connectivity index (χ0v) is 17.0. The van der Waals surface area contributed by atoms with Gasteiger partial charge in [-0.2, -0.15) is 0 Å². The SMILES string of the molecule is COc1cc(F)c([C@@H]2CN=C(NOCC(=O)O)[C@H]2NC(=O)OCc2ccccc2)c(F)c1. The molecule has 2 aromatic rings. The largest absolute Gasteiger partial charge is 0.497 e. The Bertz CT molecular complexity index is 979. The third kappa shape index (κ3) is 5.70. The van der Waals surface area contributed by atoms with E-state index in [1.54, 1.807) is 24.3 Å². The van der Waals surface area contributed by atoms with Crippen molar-refractivity contribution in [3.8, 4) is 5.75 Å². The summed E-state index contributed by atoms with van der Waals surface area (Å²) in [4.78, 5) is 32.0. The van der Waals surface area contributed by atoms with Gasteiger partial charge in [-0.15, -0.1) is 0 Å². The number of nitrogens with one attached hydrogen (secondary N) is 2. The summed E-state index contributed by atoms with van der Waals surface area (Å²) in [5, 5.41) is 11.2. The number of amides is 1. The average molecular weight is 449 g/mol. The number of amidine groups is 1. The van der Waals surface area contributed by atoms with Crippen LogP contribution in [0.4, 0.5) is 13.6 Å². The van der Waals surface area contributed by atoms with Gasteiger partial charge in [-0.05, 0) is 5.56 Å². The van der Waals surface area contributed by atoms with Crippen LogP contribution in [0.25, 0.3) is 0 Å². The molecule has 0 spiro atoms. The van der Waals surface area contributed by atoms with Crippen molar-refractivity contribution in [2.24, 2.45) is 4.99 Å². The number of nitrogens with zero attached hydrogens (tertiary/aromatic N) is 1. The van der Waals surface area contributed by atoms with Crippen LogP contribution in [0, 0.1) is 11.6 Å². The summed E-state index contributed by atoms with van der Waals surface area (Å²) in [6.45, 7) is -0.812. The second-order valence-electron chi connectivity index (χ2n) is 6.81. The van der Waals surface area contributed by atoms with E-state index in [4.69, 9.17) is 19.4 Å². The molecule has 3 N–H and O–H groups in total. The highest BCUT2D eigenvalue weighted by Gasteiger charge is 2.38. The minimum atomic E-state index is -1.24. The van der Waals surface area contributed by atoms with Crippen molar-refractivity contribution in [3.05, 3.63) is 65.2 Å². The molecule has 2 aromatic carbocycles. The van der Waals surface area contributed by atoms with Gasteiger partial charge >= 0.3 is 12.1 Å². The van der Waals surface area contributed by atoms with E-state index < -0.39 is 42.3 Å². The molecule has 32 heavy (non-hydrogen) atoms. The average Bonchev–Trinajstić information content (AvgIpc) is 3.14. The second kappa shape index (κ2) is 10.5. The summed E-state index contributed by atoms with van der Waals surface area (Å²) in [7, 11) is 1.28. The maximum absolute atomic E-state index is 14.7. The Morgan fingerprint density at radius 2 is 1.88 bits per heavy atom. The number of carbonyl (C=O) groups is 2. The van der Waals surface area contributed by atoms with Gasteiger partial charge in [0, 0.05) is 23.6 Å². The number of carboxylic acids is 1. The predicted molar refractivity (Wildman–Crippen MR) is 108 cm³/mol. The van der Waals surface area contributed by atoms with Gasteiger partial charge in [-0.3, -0.25) is 15.3 Å². The van der Waals surface area contributed by atoms with E-state index in [0.29, 0.717) is 0 Å². The zero-order chi connectivity index (χ0) is 23.1. The molecule has 1 amide bonds. The van der Waals surface area contributed by atoms with Gasteiger partial charge < -0.3 is 19.9 Å². The standard InChI is InChI=1S/C21H21F2N3O6/c1-30-13-7-15(22)18(16(23)8-13)14-9-24-20(26-32-11-17(27)28)19(14)25-21(29)31-10-12-5-3-2-4-6-12/h2-8,14,19H,9-11H2,1H3,(H,24,26)(H,25,29)(H,27,28)/t14-,19-/m0/s1. The Balaban J connectivity index is 1.77. The fraction of sp³-hybridized carbons (Fsp3) is 0.286. The van der Waals surface area contributed by atoms with Gasteiger partial charge in [0.2, 0.25) is 0 Å². The topological polar surface area (TPSA) is 118 Å². The molecule has 0 bridgehead atoms. The van der Waals surface area contributed by atoms with Crippen LogP contribution in [0.2, 0.25) is 0 Å². The van der Waals surface area contributed by atoms with Crippen molar-refractivity contribution in [3.63, 3.8) is 0 Å². The number of hydrogen-bond donors (Lipinski definition) is 3. The molecule has 170 valence electrons. The Labute approximate surface area is 182 Å². The van der Waals surface area contributed by atoms with Gasteiger partial charge in [0.15, 0.2) is 6.61 Å². The highest BCUT2D eigenvalue weighted by atomic mass is 19.1. The molecule has 1 aliphatic rings. The van der Waals surface area contributed by atoms with Crippen LogP contribution in [0.5, 0.6) is 5.75 Å². The quantitative estimate of drug-likeness (QED) is 0.530. The van der Waals surface area contributed by atoms with E-state index in [-0.39, 0.29) is 30.3 Å². The van der Waals surface area contributed by atoms with E-state index >= 15 is 0 Å². The summed E-state index contributed by atoms with van der Waals surface area (Å²) < 4.78 is 39.4. The summed E-state index contributed by atoms with van der Waals surface area (Å²) in [6, 6.07) is 9.90. The normalized spacial score (nSPS) is 17.4. The van der Waals surface area contributed by atoms with Gasteiger partial charge in [0.05, 0.1) is 13.7 Å². The molecule has 0 aromatic heterocycles. The monoisotopic (exact) mass is 449 g/mol. The highest BCUT2D eigenvalue weighted by molar-refractivity contribution is 5.92. The number of hydroxylamine groups is 1. The smallest absolute Gasteiger partial charge is 0.408 e. The lowest BCUT2D eigenvalue weighted by Crippen LogP contribution is -2.48. The van der Waals surface area contributed by atoms with Crippen LogP contribution in [0.3, 0.4) is 0 Å². The van der Waals surface area contributed by atoms with E-state index in [0.717, 1.165) is 17.7 Å². The van der Waals surface area contributed by atoms with Crippen molar-refractivity contribution in [1.29, 1.82) is 0 Å². The minimum absolute atomic E-state index is 0.00224. The number of methoxy groups -OCH3 is 1. The molecule has 2 atom stereocenters. The van der Waals surface area contributed by atoms with E-state index in [9.17, 15) is 18.4 Å². The molecule has 0 saturated carbocycles. The summed E-state index contributed by atoms with van der Waals surface area (Å²) in [6.07, 6.45) is -0.854. The van der Waals surface area contributed by atoms with Gasteiger partial charge in [-0.1, -0.05) is 30.3 Å². The molecular formula is C21H21F2N3O6. The molecule has 1 aliphatic heterocycles. The Kier molecular flexibility index (Phi) is 7.55. The van der Waals surface area contributed by atoms with Crippen molar-refractivity contribution < 1.29 is 37.8 Å². The number of carboxylic acid groups (broad SMARTS) is 1. The summed E-state index contributed by atoms with van der Waals surface area (Å²) in [5.74, 6) is -3.94. The maximum atomic E-state index is 14.7. The Hall–Kier alpha value is -3.73. The molecule has 3 rings (SSSR count). The first-order valence-electron chi connectivity index (χ1n) is 9.53. The van der Waals surface area contributed by atoms with Crippen molar-refractivity contribution >= 4 is 17.9 Å². The third-order valence-corrected chi connectivity index (χ3v) is 4.67. The fourth-order valence-corrected chi connectivity index (χ4v) is 3.21. The summed E-state index contributed by atoms with van der Waals surface area (Å²) >= 11 is 0. The second-order valence-corrected chi connectivity index (χ2v) is 6.81. The number of halogens is 2. The number of hydrogen-bond acceptors (Lipinski definition) is 7. The lowest BCUT2D eigenvalue weighted by Gasteiger charge is -2.23. The predicted octanol–water partition coefficient (Wildman–Crippen LogP) is 2.37. The van der Waals surface area contributed by atoms with E-state index in [2.05, 4.69) is 15.8 Å². The third-order valence-electron chi connectivity index (χ3n) is 4.67. The molecule has 1 heterocycles. The Morgan fingerprint density at radius 3 is 2.50 bits per heavy atom. The highest BCUT2D eigenvalue weighted by Crippen LogP contribution is 2.32. The van der Waals surface area contributed by atoms with E-state index in [1.165, 1.54) is 7.11 Å². The van der Waals surface area contributed by atoms with Crippen LogP contribution in [-0.2, 0) is 21.0 Å². The van der Waals surface area contributed by atoms with Crippen LogP contribution in [-0.4, -0.2) is 49.3 Å². The van der Waals surface area contributed by atoms with Gasteiger partial charge in [0.25, 0.3) is 0 Å². The summed E-state index contributed by atoms with van der Waals surface area (Å²) in [5.41, 5.74) is 2.77. The van der Waals surface area contributed by atoms with Crippen molar-refractivity contribution in [2.45, 2.75) is 18.6 Å². The first kappa shape index (κ1) is 22.9. The van der Waals surface area contributed by atoms with Crippen LogP contribution in [0.1, 0.15) is 17.0 Å². The number of aliphatic imine (C=N–C) groups is 1. The zero-order valence-electron chi connectivity index (χ0n) is 17.0. The molecule has 0 unspecified atom stereocenters. The number of alkyl carbamates (subject to hydrolysis) is 1. The maximum Gasteiger partial charge on any atom is 0.408 e. The fourth-order valence-electron chi connectivity index (χ4n) is 3.21.